The zero-order valence-electron chi connectivity index (χ0n) is 15.4. The van der Waals surface area contributed by atoms with Crippen LogP contribution in [0.1, 0.15) is 30.9 Å². The quantitative estimate of drug-likeness (QED) is 0.705. The van der Waals surface area contributed by atoms with Crippen molar-refractivity contribution in [3.8, 4) is 5.75 Å². The van der Waals surface area contributed by atoms with Gasteiger partial charge in [0.15, 0.2) is 0 Å². The van der Waals surface area contributed by atoms with Gasteiger partial charge in [0.2, 0.25) is 5.91 Å². The summed E-state index contributed by atoms with van der Waals surface area (Å²) in [6.45, 7) is 5.60. The lowest BCUT2D eigenvalue weighted by molar-refractivity contribution is -0.119. The molecule has 3 aromatic rings. The van der Waals surface area contributed by atoms with Crippen LogP contribution in [0.25, 0.3) is 10.9 Å². The van der Waals surface area contributed by atoms with Crippen LogP contribution >= 0.6 is 0 Å². The highest BCUT2D eigenvalue weighted by Gasteiger charge is 2.23. The molecule has 0 aliphatic heterocycles. The summed E-state index contributed by atoms with van der Waals surface area (Å²) >= 11 is 0. The fourth-order valence-electron chi connectivity index (χ4n) is 3.03. The molecule has 2 aromatic carbocycles. The summed E-state index contributed by atoms with van der Waals surface area (Å²) in [7, 11) is -3.79. The van der Waals surface area contributed by atoms with Gasteiger partial charge < -0.3 is 10.4 Å². The Bertz CT molecular complexity index is 1100. The number of rotatable bonds is 5. The normalized spacial score (nSPS) is 12.9. The maximum Gasteiger partial charge on any atom is 0.268 e. The van der Waals surface area contributed by atoms with E-state index in [4.69, 9.17) is 0 Å². The predicted molar refractivity (Wildman–Crippen MR) is 104 cm³/mol. The topological polar surface area (TPSA) is 88.4 Å². The Morgan fingerprint density at radius 3 is 2.48 bits per heavy atom. The van der Waals surface area contributed by atoms with Crippen molar-refractivity contribution in [3.05, 3.63) is 59.8 Å². The molecule has 27 heavy (non-hydrogen) atoms. The summed E-state index contributed by atoms with van der Waals surface area (Å²) in [5.41, 5.74) is 2.20. The van der Waals surface area contributed by atoms with Gasteiger partial charge in [-0.15, -0.1) is 0 Å². The van der Waals surface area contributed by atoms with Gasteiger partial charge in [0.1, 0.15) is 5.75 Å². The van der Waals surface area contributed by atoms with Crippen LogP contribution in [0.5, 0.6) is 5.75 Å². The molecule has 7 heteroatoms. The zero-order chi connectivity index (χ0) is 19.8. The van der Waals surface area contributed by atoms with Crippen molar-refractivity contribution >= 4 is 26.8 Å². The number of carbonyl (C=O) groups is 1. The van der Waals surface area contributed by atoms with Gasteiger partial charge in [-0.05, 0) is 42.8 Å². The molecule has 0 fully saturated rings. The van der Waals surface area contributed by atoms with Gasteiger partial charge in [-0.1, -0.05) is 24.6 Å². The number of hydrogen-bond acceptors (Lipinski definition) is 4. The highest BCUT2D eigenvalue weighted by Crippen LogP contribution is 2.32. The molecule has 1 atom stereocenters. The van der Waals surface area contributed by atoms with Gasteiger partial charge in [0.05, 0.1) is 10.4 Å². The van der Waals surface area contributed by atoms with E-state index in [0.29, 0.717) is 17.4 Å². The van der Waals surface area contributed by atoms with Gasteiger partial charge in [-0.25, -0.2) is 12.4 Å². The minimum absolute atomic E-state index is 0.0564. The molecule has 2 N–H and O–H groups in total. The molecule has 0 aliphatic rings. The molecule has 142 valence electrons. The molecule has 1 amide bonds. The number of nitrogens with one attached hydrogen (secondary N) is 1. The Morgan fingerprint density at radius 1 is 1.19 bits per heavy atom. The second-order valence-corrected chi connectivity index (χ2v) is 8.55. The van der Waals surface area contributed by atoms with E-state index in [2.05, 4.69) is 5.32 Å². The van der Waals surface area contributed by atoms with E-state index in [1.807, 2.05) is 13.8 Å². The lowest BCUT2D eigenvalue weighted by atomic mass is 10.0. The minimum Gasteiger partial charge on any atom is -0.508 e. The average Bonchev–Trinajstić information content (AvgIpc) is 2.99. The van der Waals surface area contributed by atoms with E-state index in [0.717, 1.165) is 11.1 Å². The first-order chi connectivity index (χ1) is 12.7. The molecule has 1 aromatic heterocycles. The van der Waals surface area contributed by atoms with Crippen LogP contribution in [0, 0.1) is 6.92 Å². The van der Waals surface area contributed by atoms with Crippen molar-refractivity contribution in [2.24, 2.45) is 0 Å². The molecule has 0 bridgehead atoms. The second-order valence-electron chi connectivity index (χ2n) is 6.74. The number of benzene rings is 2. The van der Waals surface area contributed by atoms with E-state index in [1.165, 1.54) is 17.0 Å². The fraction of sp³-hybridized carbons (Fsp3) is 0.250. The Morgan fingerprint density at radius 2 is 1.85 bits per heavy atom. The van der Waals surface area contributed by atoms with E-state index in [9.17, 15) is 18.3 Å². The first-order valence-corrected chi connectivity index (χ1v) is 10.0. The molecule has 1 unspecified atom stereocenters. The SMILES string of the molecule is CC(=O)NCC(C)c1cn(S(=O)(=O)c2ccc(C)cc2)c2ccc(O)cc12. The number of carbonyl (C=O) groups excluding carboxylic acids is 1. The summed E-state index contributed by atoms with van der Waals surface area (Å²) in [6, 6.07) is 11.3. The Kier molecular flexibility index (Phi) is 4.97. The molecule has 3 rings (SSSR count). The number of aromatic nitrogens is 1. The van der Waals surface area contributed by atoms with Crippen LogP contribution in [-0.2, 0) is 14.8 Å². The van der Waals surface area contributed by atoms with Crippen molar-refractivity contribution in [2.75, 3.05) is 6.54 Å². The monoisotopic (exact) mass is 386 g/mol. The third-order valence-electron chi connectivity index (χ3n) is 4.55. The minimum atomic E-state index is -3.79. The lowest BCUT2D eigenvalue weighted by Gasteiger charge is -2.11. The molecule has 0 saturated heterocycles. The first kappa shape index (κ1) is 19.0. The van der Waals surface area contributed by atoms with Gasteiger partial charge in [0.25, 0.3) is 10.0 Å². The second kappa shape index (κ2) is 7.08. The number of fused-ring (bicyclic) bond motifs is 1. The van der Waals surface area contributed by atoms with E-state index in [1.54, 1.807) is 42.6 Å². The average molecular weight is 386 g/mol. The largest absolute Gasteiger partial charge is 0.508 e. The standard InChI is InChI=1S/C20H22N2O4S/c1-13-4-7-17(8-5-13)27(25,26)22-12-19(14(2)11-21-15(3)23)18-10-16(24)6-9-20(18)22/h4-10,12,14,24H,11H2,1-3H3,(H,21,23). The van der Waals surface area contributed by atoms with Crippen molar-refractivity contribution in [1.29, 1.82) is 0 Å². The number of aromatic hydroxyl groups is 1. The van der Waals surface area contributed by atoms with Crippen molar-refractivity contribution in [3.63, 3.8) is 0 Å². The van der Waals surface area contributed by atoms with E-state index in [-0.39, 0.29) is 22.5 Å². The molecule has 0 radical (unpaired) electrons. The van der Waals surface area contributed by atoms with Crippen molar-refractivity contribution in [2.45, 2.75) is 31.6 Å². The van der Waals surface area contributed by atoms with Crippen LogP contribution < -0.4 is 5.32 Å². The number of phenolic OH excluding ortho intramolecular Hbond substituents is 1. The summed E-state index contributed by atoms with van der Waals surface area (Å²) in [5.74, 6) is -0.227. The van der Waals surface area contributed by atoms with Gasteiger partial charge in [-0.3, -0.25) is 4.79 Å². The van der Waals surface area contributed by atoms with Crippen LogP contribution in [0.2, 0.25) is 0 Å². The van der Waals surface area contributed by atoms with Crippen LogP contribution in [0.3, 0.4) is 0 Å². The summed E-state index contributed by atoms with van der Waals surface area (Å²) < 4.78 is 27.6. The van der Waals surface area contributed by atoms with Gasteiger partial charge >= 0.3 is 0 Å². The maximum absolute atomic E-state index is 13.2. The zero-order valence-corrected chi connectivity index (χ0v) is 16.2. The molecule has 0 saturated carbocycles. The summed E-state index contributed by atoms with van der Waals surface area (Å²) in [5, 5.41) is 13.3. The first-order valence-electron chi connectivity index (χ1n) is 8.61. The number of phenols is 1. The van der Waals surface area contributed by atoms with Crippen LogP contribution in [-0.4, -0.2) is 29.9 Å². The molecule has 0 spiro atoms. The Hall–Kier alpha value is -2.80. The third-order valence-corrected chi connectivity index (χ3v) is 6.24. The van der Waals surface area contributed by atoms with Crippen LogP contribution in [0.4, 0.5) is 0 Å². The number of hydrogen-bond donors (Lipinski definition) is 2. The summed E-state index contributed by atoms with van der Waals surface area (Å²) in [4.78, 5) is 11.4. The maximum atomic E-state index is 13.2. The molecular formula is C20H22N2O4S. The predicted octanol–water partition coefficient (Wildman–Crippen LogP) is 3.13. The van der Waals surface area contributed by atoms with Crippen LogP contribution in [0.15, 0.2) is 53.6 Å². The number of nitrogens with zero attached hydrogens (tertiary/aromatic N) is 1. The molecule has 0 aliphatic carbocycles. The Balaban J connectivity index is 2.16. The molecule has 1 heterocycles. The van der Waals surface area contributed by atoms with Crippen molar-refractivity contribution < 1.29 is 18.3 Å². The molecule has 6 nitrogen and oxygen atoms in total. The van der Waals surface area contributed by atoms with E-state index < -0.39 is 10.0 Å². The lowest BCUT2D eigenvalue weighted by Crippen LogP contribution is -2.24. The third kappa shape index (κ3) is 3.68. The number of aryl methyl sites for hydroxylation is 1. The fourth-order valence-corrected chi connectivity index (χ4v) is 4.41. The molecular weight excluding hydrogens is 364 g/mol. The smallest absolute Gasteiger partial charge is 0.268 e. The summed E-state index contributed by atoms with van der Waals surface area (Å²) in [6.07, 6.45) is 1.58. The van der Waals surface area contributed by atoms with Crippen molar-refractivity contribution in [1.82, 2.24) is 9.29 Å². The Labute approximate surface area is 158 Å². The highest BCUT2D eigenvalue weighted by atomic mass is 32.2. The number of amides is 1. The van der Waals surface area contributed by atoms with Gasteiger partial charge in [0, 0.05) is 31.0 Å². The van der Waals surface area contributed by atoms with Gasteiger partial charge in [-0.2, -0.15) is 0 Å². The van der Waals surface area contributed by atoms with E-state index >= 15 is 0 Å². The highest BCUT2D eigenvalue weighted by molar-refractivity contribution is 7.90.